The van der Waals surface area contributed by atoms with Crippen LogP contribution in [0.25, 0.3) is 0 Å². The van der Waals surface area contributed by atoms with Crippen LogP contribution in [-0.4, -0.2) is 35.4 Å². The fraction of sp³-hybridized carbons (Fsp3) is 0.304. The van der Waals surface area contributed by atoms with Crippen LogP contribution in [-0.2, 0) is 11.8 Å². The second-order valence-electron chi connectivity index (χ2n) is 7.55. The van der Waals surface area contributed by atoms with Crippen LogP contribution >= 0.6 is 36.2 Å². The van der Waals surface area contributed by atoms with Gasteiger partial charge in [0.15, 0.2) is 5.13 Å². The first-order chi connectivity index (χ1) is 14.1. The Morgan fingerprint density at radius 3 is 2.23 bits per heavy atom. The van der Waals surface area contributed by atoms with Gasteiger partial charge in [-0.2, -0.15) is 0 Å². The Morgan fingerprint density at radius 1 is 1.03 bits per heavy atom. The summed E-state index contributed by atoms with van der Waals surface area (Å²) in [7, 11) is 0. The predicted molar refractivity (Wildman–Crippen MR) is 133 cm³/mol. The van der Waals surface area contributed by atoms with Gasteiger partial charge in [-0.3, -0.25) is 4.79 Å². The number of aromatic nitrogens is 1. The molecule has 1 aromatic heterocycles. The van der Waals surface area contributed by atoms with Crippen molar-refractivity contribution in [1.29, 1.82) is 0 Å². The highest BCUT2D eigenvalue weighted by atomic mass is 35.5. The number of amides is 1. The molecule has 0 aliphatic carbocycles. The van der Waals surface area contributed by atoms with Gasteiger partial charge in [-0.1, -0.05) is 42.5 Å². The number of halogens is 2. The minimum absolute atomic E-state index is 0. The summed E-state index contributed by atoms with van der Waals surface area (Å²) in [6, 6.07) is 18.3. The average molecular weight is 479 g/mol. The van der Waals surface area contributed by atoms with E-state index in [1.165, 1.54) is 16.9 Å². The van der Waals surface area contributed by atoms with Gasteiger partial charge in [0.25, 0.3) is 5.91 Å². The first-order valence-electron chi connectivity index (χ1n) is 9.98. The number of carbonyl (C=O) groups is 1. The molecule has 1 saturated heterocycles. The number of hydrogen-bond acceptors (Lipinski definition) is 5. The van der Waals surface area contributed by atoms with Crippen LogP contribution in [0.2, 0.25) is 0 Å². The van der Waals surface area contributed by atoms with E-state index in [1.54, 1.807) is 0 Å². The quantitative estimate of drug-likeness (QED) is 0.572. The molecule has 1 amide bonds. The lowest BCUT2D eigenvalue weighted by Gasteiger charge is -2.41. The van der Waals surface area contributed by atoms with Crippen LogP contribution < -0.4 is 11.5 Å². The van der Waals surface area contributed by atoms with Crippen LogP contribution in [0.3, 0.4) is 0 Å². The van der Waals surface area contributed by atoms with E-state index < -0.39 is 0 Å². The van der Waals surface area contributed by atoms with E-state index in [0.717, 1.165) is 36.1 Å². The molecule has 4 rings (SSSR count). The van der Waals surface area contributed by atoms with Crippen LogP contribution in [0, 0.1) is 0 Å². The molecule has 2 heterocycles. The Balaban J connectivity index is 0.00000171. The van der Waals surface area contributed by atoms with Crippen molar-refractivity contribution in [3.8, 4) is 0 Å². The molecular weight excluding hydrogens is 451 g/mol. The van der Waals surface area contributed by atoms with Crippen molar-refractivity contribution in [2.75, 3.05) is 25.4 Å². The average Bonchev–Trinajstić information content (AvgIpc) is 3.21. The Labute approximate surface area is 199 Å². The summed E-state index contributed by atoms with van der Waals surface area (Å²) in [6.45, 7) is 1.99. The topological polar surface area (TPSA) is 85.2 Å². The number of piperidine rings is 1. The zero-order chi connectivity index (χ0) is 20.3. The third kappa shape index (κ3) is 5.21. The molecule has 0 unspecified atom stereocenters. The van der Waals surface area contributed by atoms with Crippen molar-refractivity contribution in [1.82, 2.24) is 9.88 Å². The van der Waals surface area contributed by atoms with Gasteiger partial charge in [-0.15, -0.1) is 36.2 Å². The summed E-state index contributed by atoms with van der Waals surface area (Å²) in [6.07, 6.45) is 2.49. The van der Waals surface area contributed by atoms with Crippen molar-refractivity contribution >= 4 is 47.2 Å². The minimum Gasteiger partial charge on any atom is -0.375 e. The lowest BCUT2D eigenvalue weighted by atomic mass is 9.70. The molecule has 8 heteroatoms. The third-order valence-corrected chi connectivity index (χ3v) is 6.55. The molecule has 5 nitrogen and oxygen atoms in total. The summed E-state index contributed by atoms with van der Waals surface area (Å²) in [5, 5.41) is 2.65. The van der Waals surface area contributed by atoms with E-state index in [9.17, 15) is 4.79 Å². The molecule has 4 N–H and O–H groups in total. The molecule has 0 bridgehead atoms. The molecule has 1 aliphatic heterocycles. The van der Waals surface area contributed by atoms with Crippen molar-refractivity contribution in [2.24, 2.45) is 5.73 Å². The van der Waals surface area contributed by atoms with Gasteiger partial charge in [0, 0.05) is 29.4 Å². The summed E-state index contributed by atoms with van der Waals surface area (Å²) < 4.78 is 0. The zero-order valence-electron chi connectivity index (χ0n) is 17.2. The lowest BCUT2D eigenvalue weighted by Crippen LogP contribution is -2.46. The normalized spacial score (nSPS) is 14.9. The fourth-order valence-electron chi connectivity index (χ4n) is 4.21. The molecule has 2 aromatic carbocycles. The van der Waals surface area contributed by atoms with Gasteiger partial charge >= 0.3 is 0 Å². The predicted octanol–water partition coefficient (Wildman–Crippen LogP) is 4.29. The van der Waals surface area contributed by atoms with Gasteiger partial charge in [0.2, 0.25) is 0 Å². The minimum atomic E-state index is -0.197. The van der Waals surface area contributed by atoms with Crippen molar-refractivity contribution in [2.45, 2.75) is 24.7 Å². The lowest BCUT2D eigenvalue weighted by molar-refractivity contribution is 0.0684. The van der Waals surface area contributed by atoms with Gasteiger partial charge in [-0.25, -0.2) is 4.98 Å². The Hall–Kier alpha value is -2.12. The SMILES string of the molecule is Cl.Cl.NCCc1ccc(C(=O)N2CCC(c3ccccc3)(c3csc(N)n3)CC2)cc1. The van der Waals surface area contributed by atoms with Gasteiger partial charge in [-0.05, 0) is 49.1 Å². The van der Waals surface area contributed by atoms with E-state index in [-0.39, 0.29) is 36.1 Å². The van der Waals surface area contributed by atoms with E-state index in [1.807, 2.05) is 35.2 Å². The second-order valence-corrected chi connectivity index (χ2v) is 8.44. The summed E-state index contributed by atoms with van der Waals surface area (Å²) in [5.41, 5.74) is 15.5. The number of rotatable bonds is 5. The summed E-state index contributed by atoms with van der Waals surface area (Å²) in [5.74, 6) is 0.0868. The Morgan fingerprint density at radius 2 is 1.68 bits per heavy atom. The molecule has 0 spiro atoms. The standard InChI is InChI=1S/C23H26N4OS.2ClH/c24-13-10-17-6-8-18(9-7-17)21(28)27-14-11-23(12-15-27,19-4-2-1-3-5-19)20-16-29-22(25)26-20;;/h1-9,16H,10-15,24H2,(H2,25,26);2*1H. The summed E-state index contributed by atoms with van der Waals surface area (Å²) >= 11 is 1.48. The molecule has 0 radical (unpaired) electrons. The highest BCUT2D eigenvalue weighted by Crippen LogP contribution is 2.42. The van der Waals surface area contributed by atoms with Crippen molar-refractivity contribution in [3.05, 3.63) is 82.4 Å². The Kier molecular flexibility index (Phi) is 8.89. The number of carbonyl (C=O) groups excluding carboxylic acids is 1. The van der Waals surface area contributed by atoms with Gasteiger partial charge < -0.3 is 16.4 Å². The molecule has 1 fully saturated rings. The summed E-state index contributed by atoms with van der Waals surface area (Å²) in [4.78, 5) is 19.6. The van der Waals surface area contributed by atoms with Crippen LogP contribution in [0.1, 0.15) is 40.0 Å². The maximum atomic E-state index is 13.0. The number of hydrogen-bond donors (Lipinski definition) is 2. The molecule has 3 aromatic rings. The molecule has 1 aliphatic rings. The van der Waals surface area contributed by atoms with Gasteiger partial charge in [0.05, 0.1) is 5.69 Å². The van der Waals surface area contributed by atoms with Crippen molar-refractivity contribution in [3.63, 3.8) is 0 Å². The monoisotopic (exact) mass is 478 g/mol. The number of nitrogens with two attached hydrogens (primary N) is 2. The molecular formula is C23H28Cl2N4OS. The van der Waals surface area contributed by atoms with Gasteiger partial charge in [0.1, 0.15) is 0 Å². The van der Waals surface area contributed by atoms with Crippen LogP contribution in [0.5, 0.6) is 0 Å². The number of benzene rings is 2. The number of nitrogen functional groups attached to an aromatic ring is 1. The van der Waals surface area contributed by atoms with E-state index in [2.05, 4.69) is 34.6 Å². The van der Waals surface area contributed by atoms with E-state index in [0.29, 0.717) is 24.8 Å². The fourth-order valence-corrected chi connectivity index (χ4v) is 4.87. The van der Waals surface area contributed by atoms with E-state index >= 15 is 0 Å². The second kappa shape index (κ2) is 11.0. The van der Waals surface area contributed by atoms with Crippen LogP contribution in [0.15, 0.2) is 60.0 Å². The number of anilines is 1. The number of thiazole rings is 1. The van der Waals surface area contributed by atoms with E-state index in [4.69, 9.17) is 11.5 Å². The molecule has 0 saturated carbocycles. The van der Waals surface area contributed by atoms with Crippen molar-refractivity contribution < 1.29 is 4.79 Å². The third-order valence-electron chi connectivity index (χ3n) is 5.88. The molecule has 31 heavy (non-hydrogen) atoms. The Bertz CT molecular complexity index is 971. The smallest absolute Gasteiger partial charge is 0.253 e. The highest BCUT2D eigenvalue weighted by Gasteiger charge is 2.40. The maximum Gasteiger partial charge on any atom is 0.253 e. The van der Waals surface area contributed by atoms with Crippen LogP contribution in [0.4, 0.5) is 5.13 Å². The molecule has 166 valence electrons. The zero-order valence-corrected chi connectivity index (χ0v) is 19.6. The molecule has 0 atom stereocenters. The first-order valence-corrected chi connectivity index (χ1v) is 10.9. The maximum absolute atomic E-state index is 13.0. The largest absolute Gasteiger partial charge is 0.375 e. The highest BCUT2D eigenvalue weighted by molar-refractivity contribution is 7.13. The number of nitrogens with zero attached hydrogens (tertiary/aromatic N) is 2. The number of likely N-dealkylation sites (tertiary alicyclic amines) is 1. The first kappa shape index (κ1) is 25.1.